The van der Waals surface area contributed by atoms with Crippen molar-refractivity contribution in [2.24, 2.45) is 0 Å². The Bertz CT molecular complexity index is 217. The number of ether oxygens (including phenoxy) is 1. The first-order valence-corrected chi connectivity index (χ1v) is 5.77. The van der Waals surface area contributed by atoms with Crippen molar-refractivity contribution in [3.63, 3.8) is 0 Å². The molecule has 0 aromatic heterocycles. The zero-order valence-corrected chi connectivity index (χ0v) is 10.3. The molecule has 0 radical (unpaired) electrons. The Morgan fingerprint density at radius 1 is 1.19 bits per heavy atom. The summed E-state index contributed by atoms with van der Waals surface area (Å²) in [6, 6.07) is -0.231. The first-order valence-electron chi connectivity index (χ1n) is 5.77. The van der Waals surface area contributed by atoms with Gasteiger partial charge in [0, 0.05) is 13.1 Å². The van der Waals surface area contributed by atoms with Crippen molar-refractivity contribution in [2.45, 2.75) is 46.1 Å². The predicted octanol–water partition coefficient (Wildman–Crippen LogP) is 1.43. The number of carbonyl (C=O) groups is 2. The molecule has 0 saturated carbocycles. The van der Waals surface area contributed by atoms with E-state index in [9.17, 15) is 9.59 Å². The molecule has 0 saturated heterocycles. The molecule has 0 spiro atoms. The van der Waals surface area contributed by atoms with Crippen LogP contribution in [0.15, 0.2) is 0 Å². The highest BCUT2D eigenvalue weighted by atomic mass is 16.5. The molecule has 0 bridgehead atoms. The normalized spacial score (nSPS) is 10.0. The van der Waals surface area contributed by atoms with E-state index in [1.54, 1.807) is 13.8 Å². The largest absolute Gasteiger partial charge is 0.463 e. The third-order valence-electron chi connectivity index (χ3n) is 1.80. The molecule has 0 aromatic rings. The minimum atomic E-state index is -0.288. The van der Waals surface area contributed by atoms with Gasteiger partial charge in [-0.05, 0) is 20.3 Å². The van der Waals surface area contributed by atoms with Crippen molar-refractivity contribution in [3.8, 4) is 0 Å². The summed E-state index contributed by atoms with van der Waals surface area (Å²) in [6.45, 7) is 6.62. The summed E-state index contributed by atoms with van der Waals surface area (Å²) in [5, 5.41) is 5.29. The van der Waals surface area contributed by atoms with Crippen LogP contribution in [0.1, 0.15) is 40.0 Å². The van der Waals surface area contributed by atoms with Crippen LogP contribution in [0.4, 0.5) is 4.79 Å². The van der Waals surface area contributed by atoms with Crippen LogP contribution in [0.5, 0.6) is 0 Å². The Morgan fingerprint density at radius 3 is 2.38 bits per heavy atom. The molecule has 0 aliphatic carbocycles. The van der Waals surface area contributed by atoms with Gasteiger partial charge < -0.3 is 15.4 Å². The number of esters is 1. The molecule has 0 aliphatic heterocycles. The van der Waals surface area contributed by atoms with Crippen LogP contribution in [-0.2, 0) is 9.53 Å². The molecular formula is C11H22N2O3. The van der Waals surface area contributed by atoms with Crippen molar-refractivity contribution in [1.82, 2.24) is 10.6 Å². The van der Waals surface area contributed by atoms with Crippen molar-refractivity contribution in [2.75, 3.05) is 13.1 Å². The van der Waals surface area contributed by atoms with Crippen molar-refractivity contribution in [3.05, 3.63) is 0 Å². The molecule has 0 fully saturated rings. The average Bonchev–Trinajstić information content (AvgIpc) is 2.17. The van der Waals surface area contributed by atoms with Crippen LogP contribution < -0.4 is 10.6 Å². The van der Waals surface area contributed by atoms with Crippen LogP contribution >= 0.6 is 0 Å². The lowest BCUT2D eigenvalue weighted by molar-refractivity contribution is -0.147. The molecule has 0 unspecified atom stereocenters. The van der Waals surface area contributed by atoms with E-state index in [1.165, 1.54) is 0 Å². The van der Waals surface area contributed by atoms with Gasteiger partial charge in [-0.2, -0.15) is 0 Å². The van der Waals surface area contributed by atoms with Gasteiger partial charge in [-0.3, -0.25) is 4.79 Å². The minimum absolute atomic E-state index is 0.106. The van der Waals surface area contributed by atoms with Crippen LogP contribution in [-0.4, -0.2) is 31.2 Å². The van der Waals surface area contributed by atoms with Gasteiger partial charge in [0.05, 0.1) is 12.5 Å². The number of nitrogens with one attached hydrogen (secondary N) is 2. The molecule has 2 amide bonds. The van der Waals surface area contributed by atoms with Crippen LogP contribution in [0.25, 0.3) is 0 Å². The minimum Gasteiger partial charge on any atom is -0.463 e. The molecule has 5 heteroatoms. The molecule has 0 aliphatic rings. The summed E-state index contributed by atoms with van der Waals surface area (Å²) in [7, 11) is 0. The second-order valence-corrected chi connectivity index (χ2v) is 3.82. The highest BCUT2D eigenvalue weighted by Gasteiger charge is 2.06. The first-order chi connectivity index (χ1) is 7.56. The van der Waals surface area contributed by atoms with E-state index < -0.39 is 0 Å². The smallest absolute Gasteiger partial charge is 0.314 e. The zero-order valence-electron chi connectivity index (χ0n) is 10.3. The number of hydrogen-bond acceptors (Lipinski definition) is 3. The molecule has 0 aromatic carbocycles. The maximum atomic E-state index is 11.1. The summed E-state index contributed by atoms with van der Waals surface area (Å²) in [5.74, 6) is -0.288. The van der Waals surface area contributed by atoms with E-state index in [2.05, 4.69) is 17.6 Å². The molecule has 16 heavy (non-hydrogen) atoms. The predicted molar refractivity (Wildman–Crippen MR) is 62.2 cm³/mol. The number of amides is 2. The maximum absolute atomic E-state index is 11.1. The van der Waals surface area contributed by atoms with Crippen LogP contribution in [0.2, 0.25) is 0 Å². The molecule has 0 heterocycles. The Balaban J connectivity index is 3.43. The second-order valence-electron chi connectivity index (χ2n) is 3.82. The van der Waals surface area contributed by atoms with E-state index >= 15 is 0 Å². The fraction of sp³-hybridized carbons (Fsp3) is 0.818. The maximum Gasteiger partial charge on any atom is 0.314 e. The second kappa shape index (κ2) is 9.00. The SMILES string of the molecule is CCCCNC(=O)NCCC(=O)OC(C)C. The van der Waals surface area contributed by atoms with E-state index in [4.69, 9.17) is 4.74 Å². The van der Waals surface area contributed by atoms with Gasteiger partial charge in [0.1, 0.15) is 0 Å². The van der Waals surface area contributed by atoms with E-state index in [1.807, 2.05) is 0 Å². The topological polar surface area (TPSA) is 67.4 Å². The Labute approximate surface area is 96.9 Å². The van der Waals surface area contributed by atoms with Gasteiger partial charge in [-0.15, -0.1) is 0 Å². The number of rotatable bonds is 7. The third-order valence-corrected chi connectivity index (χ3v) is 1.80. The molecule has 0 atom stereocenters. The third kappa shape index (κ3) is 9.30. The molecule has 0 rings (SSSR count). The zero-order chi connectivity index (χ0) is 12.4. The van der Waals surface area contributed by atoms with E-state index in [0.29, 0.717) is 13.1 Å². The van der Waals surface area contributed by atoms with Crippen molar-refractivity contribution in [1.29, 1.82) is 0 Å². The van der Waals surface area contributed by atoms with E-state index in [-0.39, 0.29) is 24.5 Å². The van der Waals surface area contributed by atoms with Gasteiger partial charge in [0.15, 0.2) is 0 Å². The van der Waals surface area contributed by atoms with Crippen LogP contribution in [0.3, 0.4) is 0 Å². The summed E-state index contributed by atoms with van der Waals surface area (Å²) >= 11 is 0. The summed E-state index contributed by atoms with van der Waals surface area (Å²) in [6.07, 6.45) is 2.11. The number of unbranched alkanes of at least 4 members (excludes halogenated alkanes) is 1. The number of carbonyl (C=O) groups excluding carboxylic acids is 2. The van der Waals surface area contributed by atoms with Crippen LogP contribution in [0, 0.1) is 0 Å². The van der Waals surface area contributed by atoms with E-state index in [0.717, 1.165) is 12.8 Å². The van der Waals surface area contributed by atoms with Crippen molar-refractivity contribution >= 4 is 12.0 Å². The lowest BCUT2D eigenvalue weighted by Gasteiger charge is -2.09. The Hall–Kier alpha value is -1.26. The standard InChI is InChI=1S/C11H22N2O3/c1-4-5-7-12-11(15)13-8-6-10(14)16-9(2)3/h9H,4-8H2,1-3H3,(H2,12,13,15). The molecule has 2 N–H and O–H groups in total. The lowest BCUT2D eigenvalue weighted by atomic mass is 10.3. The fourth-order valence-corrected chi connectivity index (χ4v) is 1.04. The monoisotopic (exact) mass is 230 g/mol. The highest BCUT2D eigenvalue weighted by molar-refractivity contribution is 5.75. The summed E-state index contributed by atoms with van der Waals surface area (Å²) < 4.78 is 4.92. The van der Waals surface area contributed by atoms with Crippen molar-refractivity contribution < 1.29 is 14.3 Å². The number of urea groups is 1. The lowest BCUT2D eigenvalue weighted by Crippen LogP contribution is -2.37. The average molecular weight is 230 g/mol. The molecule has 94 valence electrons. The molecular weight excluding hydrogens is 208 g/mol. The Morgan fingerprint density at radius 2 is 1.81 bits per heavy atom. The highest BCUT2D eigenvalue weighted by Crippen LogP contribution is 1.91. The first kappa shape index (κ1) is 14.7. The van der Waals surface area contributed by atoms with Gasteiger partial charge in [0.2, 0.25) is 0 Å². The number of hydrogen-bond donors (Lipinski definition) is 2. The van der Waals surface area contributed by atoms with Gasteiger partial charge >= 0.3 is 12.0 Å². The van der Waals surface area contributed by atoms with Gasteiger partial charge in [-0.1, -0.05) is 13.3 Å². The fourth-order valence-electron chi connectivity index (χ4n) is 1.04. The quantitative estimate of drug-likeness (QED) is 0.513. The van der Waals surface area contributed by atoms with Gasteiger partial charge in [0.25, 0.3) is 0 Å². The summed E-state index contributed by atoms with van der Waals surface area (Å²) in [5.41, 5.74) is 0. The molecule has 5 nitrogen and oxygen atoms in total. The summed E-state index contributed by atoms with van der Waals surface area (Å²) in [4.78, 5) is 22.2. The van der Waals surface area contributed by atoms with Gasteiger partial charge in [-0.25, -0.2) is 4.79 Å². The Kier molecular flexibility index (Phi) is 8.29.